The van der Waals surface area contributed by atoms with E-state index in [1.807, 2.05) is 38.1 Å². The van der Waals surface area contributed by atoms with Gasteiger partial charge in [-0.1, -0.05) is 18.2 Å². The zero-order valence-corrected chi connectivity index (χ0v) is 18.7. The molecule has 31 heavy (non-hydrogen) atoms. The van der Waals surface area contributed by atoms with Crippen LogP contribution in [0.2, 0.25) is 0 Å². The maximum absolute atomic E-state index is 6.45. The van der Waals surface area contributed by atoms with E-state index in [0.29, 0.717) is 11.6 Å². The lowest BCUT2D eigenvalue weighted by Crippen LogP contribution is -2.32. The Morgan fingerprint density at radius 1 is 1.03 bits per heavy atom. The second kappa shape index (κ2) is 6.77. The fraction of sp³-hybridized carbons (Fsp3) is 0.269. The van der Waals surface area contributed by atoms with Crippen LogP contribution in [0.3, 0.4) is 0 Å². The predicted molar refractivity (Wildman–Crippen MR) is 124 cm³/mol. The van der Waals surface area contributed by atoms with Gasteiger partial charge < -0.3 is 19.2 Å². The van der Waals surface area contributed by atoms with E-state index in [2.05, 4.69) is 49.3 Å². The van der Waals surface area contributed by atoms with Crippen molar-refractivity contribution in [2.45, 2.75) is 40.2 Å². The molecule has 3 aromatic rings. The SMILES string of the molecule is COc1cccc2c1-c1ccc3c(c1C(=Cc1nc(C)c(C)o1)O2)C(C)=CC(C)(C)N3. The lowest BCUT2D eigenvalue weighted by atomic mass is 9.83. The molecule has 3 heterocycles. The summed E-state index contributed by atoms with van der Waals surface area (Å²) < 4.78 is 18.0. The molecule has 0 atom stereocenters. The normalized spacial score (nSPS) is 17.1. The Kier molecular flexibility index (Phi) is 4.26. The molecule has 5 rings (SSSR count). The molecule has 0 radical (unpaired) electrons. The smallest absolute Gasteiger partial charge is 0.222 e. The molecule has 1 N–H and O–H groups in total. The molecule has 0 spiro atoms. The van der Waals surface area contributed by atoms with Gasteiger partial charge in [0.2, 0.25) is 5.89 Å². The lowest BCUT2D eigenvalue weighted by molar-refractivity contribution is 0.412. The predicted octanol–water partition coefficient (Wildman–Crippen LogP) is 6.46. The van der Waals surface area contributed by atoms with Crippen LogP contribution in [-0.4, -0.2) is 17.6 Å². The molecular formula is C26H26N2O3. The third kappa shape index (κ3) is 3.12. The molecule has 5 nitrogen and oxygen atoms in total. The summed E-state index contributed by atoms with van der Waals surface area (Å²) in [5.41, 5.74) is 7.19. The number of ether oxygens (including phenoxy) is 2. The third-order valence-electron chi connectivity index (χ3n) is 5.88. The Bertz CT molecular complexity index is 1260. The molecule has 158 valence electrons. The second-order valence-electron chi connectivity index (χ2n) is 8.72. The van der Waals surface area contributed by atoms with Crippen molar-refractivity contribution in [3.63, 3.8) is 0 Å². The van der Waals surface area contributed by atoms with Crippen molar-refractivity contribution in [3.8, 4) is 22.6 Å². The van der Waals surface area contributed by atoms with Gasteiger partial charge in [-0.25, -0.2) is 4.98 Å². The number of allylic oxidation sites excluding steroid dienone is 1. The maximum atomic E-state index is 6.45. The summed E-state index contributed by atoms with van der Waals surface area (Å²) in [4.78, 5) is 4.54. The van der Waals surface area contributed by atoms with Crippen LogP contribution in [0.1, 0.15) is 49.2 Å². The zero-order valence-electron chi connectivity index (χ0n) is 18.7. The average Bonchev–Trinajstić information content (AvgIpc) is 3.02. The first-order chi connectivity index (χ1) is 14.8. The van der Waals surface area contributed by atoms with E-state index in [4.69, 9.17) is 13.9 Å². The monoisotopic (exact) mass is 414 g/mol. The highest BCUT2D eigenvalue weighted by atomic mass is 16.5. The fourth-order valence-electron chi connectivity index (χ4n) is 4.55. The first-order valence-electron chi connectivity index (χ1n) is 10.4. The van der Waals surface area contributed by atoms with Gasteiger partial charge in [-0.3, -0.25) is 0 Å². The first kappa shape index (κ1) is 19.5. The first-order valence-corrected chi connectivity index (χ1v) is 10.4. The average molecular weight is 415 g/mol. The molecule has 0 bridgehead atoms. The number of oxazole rings is 1. The van der Waals surface area contributed by atoms with Gasteiger partial charge in [-0.05, 0) is 58.4 Å². The standard InChI is InChI=1S/C26H26N2O3/c1-14-13-26(4,5)28-18-11-10-17-24-19(29-6)8-7-9-20(24)31-21(25(17)23(14)18)12-22-27-15(2)16(3)30-22/h7-13,28H,1-6H3. The highest BCUT2D eigenvalue weighted by Crippen LogP contribution is 2.51. The quantitative estimate of drug-likeness (QED) is 0.521. The molecule has 5 heteroatoms. The van der Waals surface area contributed by atoms with Crippen LogP contribution in [0.25, 0.3) is 28.5 Å². The largest absolute Gasteiger partial charge is 0.496 e. The van der Waals surface area contributed by atoms with E-state index in [9.17, 15) is 0 Å². The highest BCUT2D eigenvalue weighted by Gasteiger charge is 2.32. The van der Waals surface area contributed by atoms with Crippen LogP contribution >= 0.6 is 0 Å². The summed E-state index contributed by atoms with van der Waals surface area (Å²) in [6.45, 7) is 10.3. The number of nitrogens with zero attached hydrogens (tertiary/aromatic N) is 1. The van der Waals surface area contributed by atoms with Crippen molar-refractivity contribution >= 4 is 23.1 Å². The zero-order chi connectivity index (χ0) is 21.9. The van der Waals surface area contributed by atoms with Gasteiger partial charge in [0.15, 0.2) is 0 Å². The molecule has 1 aromatic heterocycles. The maximum Gasteiger partial charge on any atom is 0.222 e. The van der Waals surface area contributed by atoms with Crippen LogP contribution in [0.15, 0.2) is 40.8 Å². The number of anilines is 1. The summed E-state index contributed by atoms with van der Waals surface area (Å²) >= 11 is 0. The van der Waals surface area contributed by atoms with Gasteiger partial charge in [-0.2, -0.15) is 0 Å². The molecule has 2 aromatic carbocycles. The molecule has 0 saturated carbocycles. The van der Waals surface area contributed by atoms with Crippen molar-refractivity contribution in [2.24, 2.45) is 0 Å². The number of nitrogens with one attached hydrogen (secondary N) is 1. The topological polar surface area (TPSA) is 56.5 Å². The highest BCUT2D eigenvalue weighted by molar-refractivity contribution is 6.01. The van der Waals surface area contributed by atoms with Gasteiger partial charge >= 0.3 is 0 Å². The molecular weight excluding hydrogens is 388 g/mol. The summed E-state index contributed by atoms with van der Waals surface area (Å²) in [5, 5.41) is 3.64. The van der Waals surface area contributed by atoms with E-state index in [0.717, 1.165) is 50.9 Å². The Morgan fingerprint density at radius 3 is 2.55 bits per heavy atom. The van der Waals surface area contributed by atoms with Crippen LogP contribution in [0.4, 0.5) is 5.69 Å². The summed E-state index contributed by atoms with van der Waals surface area (Å²) in [5.74, 6) is 3.59. The minimum Gasteiger partial charge on any atom is -0.496 e. The number of benzene rings is 2. The molecule has 0 aliphatic carbocycles. The molecule has 2 aliphatic heterocycles. The number of hydrogen-bond donors (Lipinski definition) is 1. The number of aryl methyl sites for hydroxylation is 2. The lowest BCUT2D eigenvalue weighted by Gasteiger charge is -2.35. The van der Waals surface area contributed by atoms with Crippen LogP contribution in [0, 0.1) is 13.8 Å². The number of hydrogen-bond acceptors (Lipinski definition) is 5. The minimum atomic E-state index is -0.128. The van der Waals surface area contributed by atoms with Gasteiger partial charge in [0.05, 0.1) is 23.9 Å². The minimum absolute atomic E-state index is 0.128. The number of aromatic nitrogens is 1. The Hall–Kier alpha value is -3.47. The van der Waals surface area contributed by atoms with E-state index >= 15 is 0 Å². The molecule has 0 unspecified atom stereocenters. The van der Waals surface area contributed by atoms with E-state index < -0.39 is 0 Å². The second-order valence-corrected chi connectivity index (χ2v) is 8.72. The van der Waals surface area contributed by atoms with Crippen LogP contribution in [0.5, 0.6) is 11.5 Å². The summed E-state index contributed by atoms with van der Waals surface area (Å²) in [6, 6.07) is 10.1. The summed E-state index contributed by atoms with van der Waals surface area (Å²) in [7, 11) is 1.69. The number of rotatable bonds is 2. The van der Waals surface area contributed by atoms with Crippen molar-refractivity contribution < 1.29 is 13.9 Å². The van der Waals surface area contributed by atoms with Crippen LogP contribution in [-0.2, 0) is 0 Å². The Balaban J connectivity index is 1.82. The fourth-order valence-corrected chi connectivity index (χ4v) is 4.55. The van der Waals surface area contributed by atoms with Crippen LogP contribution < -0.4 is 14.8 Å². The van der Waals surface area contributed by atoms with Gasteiger partial charge in [0.1, 0.15) is 23.0 Å². The van der Waals surface area contributed by atoms with Gasteiger partial charge in [0.25, 0.3) is 0 Å². The third-order valence-corrected chi connectivity index (χ3v) is 5.88. The van der Waals surface area contributed by atoms with E-state index in [1.165, 1.54) is 5.57 Å². The number of fused-ring (bicyclic) bond motifs is 5. The van der Waals surface area contributed by atoms with Crippen molar-refractivity contribution in [3.05, 3.63) is 64.9 Å². The Morgan fingerprint density at radius 2 is 1.84 bits per heavy atom. The van der Waals surface area contributed by atoms with E-state index in [-0.39, 0.29) is 5.54 Å². The van der Waals surface area contributed by atoms with Gasteiger partial charge in [0, 0.05) is 28.5 Å². The van der Waals surface area contributed by atoms with Crippen molar-refractivity contribution in [1.29, 1.82) is 0 Å². The molecule has 0 saturated heterocycles. The summed E-state index contributed by atoms with van der Waals surface area (Å²) in [6.07, 6.45) is 4.14. The Labute approximate surface area is 182 Å². The number of methoxy groups -OCH3 is 1. The van der Waals surface area contributed by atoms with E-state index in [1.54, 1.807) is 7.11 Å². The van der Waals surface area contributed by atoms with Gasteiger partial charge in [-0.15, -0.1) is 0 Å². The molecule has 0 amide bonds. The molecule has 0 fully saturated rings. The molecule has 2 aliphatic rings. The van der Waals surface area contributed by atoms with Crippen molar-refractivity contribution in [1.82, 2.24) is 4.98 Å². The van der Waals surface area contributed by atoms with Crippen molar-refractivity contribution in [2.75, 3.05) is 12.4 Å².